The number of nitrogens with zero attached hydrogens (tertiary/aromatic N) is 3. The third-order valence-corrected chi connectivity index (χ3v) is 5.37. The Kier molecular flexibility index (Phi) is 7.10. The van der Waals surface area contributed by atoms with Crippen LogP contribution in [0.4, 0.5) is 5.69 Å². The summed E-state index contributed by atoms with van der Waals surface area (Å²) in [6.07, 6.45) is 4.39. The molecule has 0 aliphatic carbocycles. The number of benzene rings is 1. The van der Waals surface area contributed by atoms with E-state index in [9.17, 15) is 4.79 Å². The lowest BCUT2D eigenvalue weighted by Crippen LogP contribution is -2.49. The van der Waals surface area contributed by atoms with Gasteiger partial charge < -0.3 is 20.4 Å². The van der Waals surface area contributed by atoms with Crippen molar-refractivity contribution in [3.8, 4) is 0 Å². The molecule has 1 amide bonds. The molecular weight excluding hydrogens is 338 g/mol. The number of amides is 1. The highest BCUT2D eigenvalue weighted by Crippen LogP contribution is 2.27. The Morgan fingerprint density at radius 3 is 2.70 bits per heavy atom. The molecule has 3 rings (SSSR count). The summed E-state index contributed by atoms with van der Waals surface area (Å²) in [6.45, 7) is 9.47. The fourth-order valence-corrected chi connectivity index (χ4v) is 3.96. The summed E-state index contributed by atoms with van der Waals surface area (Å²) in [6, 6.07) is 8.58. The molecule has 0 bridgehead atoms. The first-order chi connectivity index (χ1) is 13.2. The number of rotatable bonds is 6. The predicted octanol–water partition coefficient (Wildman–Crippen LogP) is 2.01. The first-order valence-corrected chi connectivity index (χ1v) is 10.4. The normalized spacial score (nSPS) is 18.4. The lowest BCUT2D eigenvalue weighted by atomic mass is 10.1. The maximum atomic E-state index is 12.7. The van der Waals surface area contributed by atoms with Crippen molar-refractivity contribution in [2.45, 2.75) is 45.6 Å². The van der Waals surface area contributed by atoms with E-state index >= 15 is 0 Å². The van der Waals surface area contributed by atoms with Gasteiger partial charge in [-0.25, -0.2) is 4.99 Å². The van der Waals surface area contributed by atoms with Crippen LogP contribution in [0.1, 0.15) is 38.7 Å². The molecule has 148 valence electrons. The molecular formula is C21H33N5O. The summed E-state index contributed by atoms with van der Waals surface area (Å²) in [4.78, 5) is 21.6. The molecule has 0 aromatic heterocycles. The van der Waals surface area contributed by atoms with E-state index in [-0.39, 0.29) is 12.5 Å². The molecule has 6 heteroatoms. The number of para-hydroxylation sites is 1. The van der Waals surface area contributed by atoms with Crippen LogP contribution in [0.2, 0.25) is 0 Å². The average molecular weight is 372 g/mol. The summed E-state index contributed by atoms with van der Waals surface area (Å²) in [7, 11) is 0. The van der Waals surface area contributed by atoms with E-state index in [0.717, 1.165) is 57.1 Å². The van der Waals surface area contributed by atoms with Crippen molar-refractivity contribution in [1.29, 1.82) is 0 Å². The summed E-state index contributed by atoms with van der Waals surface area (Å²) in [5.41, 5.74) is 2.29. The summed E-state index contributed by atoms with van der Waals surface area (Å²) in [5.74, 6) is 0.821. The van der Waals surface area contributed by atoms with Gasteiger partial charge in [0, 0.05) is 37.9 Å². The van der Waals surface area contributed by atoms with Crippen molar-refractivity contribution in [1.82, 2.24) is 15.5 Å². The topological polar surface area (TPSA) is 60.0 Å². The number of hydrogen-bond acceptors (Lipinski definition) is 3. The number of carbonyl (C=O) groups is 1. The molecule has 1 aromatic rings. The molecule has 1 aromatic carbocycles. The number of anilines is 1. The minimum Gasteiger partial charge on any atom is -0.357 e. The van der Waals surface area contributed by atoms with E-state index in [1.807, 2.05) is 23.1 Å². The number of guanidine groups is 1. The minimum atomic E-state index is 0.0647. The van der Waals surface area contributed by atoms with Crippen LogP contribution in [0.3, 0.4) is 0 Å². The maximum absolute atomic E-state index is 12.7. The highest BCUT2D eigenvalue weighted by atomic mass is 16.2. The zero-order valence-corrected chi connectivity index (χ0v) is 16.7. The number of hydrogen-bond donors (Lipinski definition) is 2. The number of aliphatic imine (C=N–C) groups is 1. The zero-order valence-electron chi connectivity index (χ0n) is 16.7. The smallest absolute Gasteiger partial charge is 0.248 e. The fourth-order valence-electron chi connectivity index (χ4n) is 3.96. The van der Waals surface area contributed by atoms with Crippen LogP contribution in [0.15, 0.2) is 29.3 Å². The van der Waals surface area contributed by atoms with E-state index in [4.69, 9.17) is 0 Å². The SMILES string of the molecule is CCCN1CCC(NC(=NCC(=O)N2CCc3ccccc32)NCC)CC1. The third-order valence-electron chi connectivity index (χ3n) is 5.37. The van der Waals surface area contributed by atoms with E-state index in [1.54, 1.807) is 0 Å². The number of fused-ring (bicyclic) bond motifs is 1. The summed E-state index contributed by atoms with van der Waals surface area (Å²) >= 11 is 0. The second-order valence-corrected chi connectivity index (χ2v) is 7.38. The first-order valence-electron chi connectivity index (χ1n) is 10.4. The van der Waals surface area contributed by atoms with Crippen molar-refractivity contribution in [3.05, 3.63) is 29.8 Å². The highest BCUT2D eigenvalue weighted by molar-refractivity contribution is 5.98. The van der Waals surface area contributed by atoms with Crippen LogP contribution in [0.5, 0.6) is 0 Å². The van der Waals surface area contributed by atoms with Gasteiger partial charge in [0.05, 0.1) is 0 Å². The monoisotopic (exact) mass is 371 g/mol. The lowest BCUT2D eigenvalue weighted by molar-refractivity contribution is -0.117. The first kappa shape index (κ1) is 19.7. The molecule has 0 unspecified atom stereocenters. The van der Waals surface area contributed by atoms with Gasteiger partial charge in [0.25, 0.3) is 0 Å². The largest absolute Gasteiger partial charge is 0.357 e. The van der Waals surface area contributed by atoms with Crippen LogP contribution in [-0.2, 0) is 11.2 Å². The molecule has 0 saturated carbocycles. The Morgan fingerprint density at radius 1 is 1.19 bits per heavy atom. The number of likely N-dealkylation sites (tertiary alicyclic amines) is 1. The van der Waals surface area contributed by atoms with Crippen molar-refractivity contribution >= 4 is 17.6 Å². The summed E-state index contributed by atoms with van der Waals surface area (Å²) < 4.78 is 0. The Hall–Kier alpha value is -2.08. The Morgan fingerprint density at radius 2 is 1.96 bits per heavy atom. The van der Waals surface area contributed by atoms with Crippen LogP contribution < -0.4 is 15.5 Å². The standard InChI is InChI=1S/C21H33N5O/c1-3-12-25-13-10-18(11-14-25)24-21(22-4-2)23-16-20(27)26-15-9-17-7-5-6-8-19(17)26/h5-8,18H,3-4,9-16H2,1-2H3,(H2,22,23,24). The highest BCUT2D eigenvalue weighted by Gasteiger charge is 2.24. The number of piperidine rings is 1. The van der Waals surface area contributed by atoms with Gasteiger partial charge in [0.2, 0.25) is 5.91 Å². The van der Waals surface area contributed by atoms with E-state index in [0.29, 0.717) is 6.04 Å². The average Bonchev–Trinajstić information content (AvgIpc) is 3.12. The summed E-state index contributed by atoms with van der Waals surface area (Å²) in [5, 5.41) is 6.81. The molecule has 27 heavy (non-hydrogen) atoms. The molecule has 2 aliphatic rings. The second-order valence-electron chi connectivity index (χ2n) is 7.38. The van der Waals surface area contributed by atoms with Gasteiger partial charge in [-0.05, 0) is 50.8 Å². The zero-order chi connectivity index (χ0) is 19.1. The van der Waals surface area contributed by atoms with E-state index in [2.05, 4.69) is 40.4 Å². The van der Waals surface area contributed by atoms with Gasteiger partial charge in [-0.15, -0.1) is 0 Å². The molecule has 2 heterocycles. The lowest BCUT2D eigenvalue weighted by Gasteiger charge is -2.32. The molecule has 6 nitrogen and oxygen atoms in total. The van der Waals surface area contributed by atoms with E-state index < -0.39 is 0 Å². The van der Waals surface area contributed by atoms with Crippen molar-refractivity contribution in [3.63, 3.8) is 0 Å². The van der Waals surface area contributed by atoms with Crippen molar-refractivity contribution < 1.29 is 4.79 Å². The third kappa shape index (κ3) is 5.22. The molecule has 2 aliphatic heterocycles. The predicted molar refractivity (Wildman–Crippen MR) is 111 cm³/mol. The fraction of sp³-hybridized carbons (Fsp3) is 0.619. The molecule has 2 N–H and O–H groups in total. The molecule has 0 radical (unpaired) electrons. The quantitative estimate of drug-likeness (QED) is 0.593. The Labute approximate surface area is 163 Å². The Bertz CT molecular complexity index is 652. The molecule has 1 fully saturated rings. The van der Waals surface area contributed by atoms with E-state index in [1.165, 1.54) is 18.5 Å². The van der Waals surface area contributed by atoms with Gasteiger partial charge >= 0.3 is 0 Å². The van der Waals surface area contributed by atoms with Gasteiger partial charge in [0.15, 0.2) is 5.96 Å². The molecule has 0 spiro atoms. The Balaban J connectivity index is 1.54. The maximum Gasteiger partial charge on any atom is 0.248 e. The number of nitrogens with one attached hydrogen (secondary N) is 2. The van der Waals surface area contributed by atoms with Crippen LogP contribution in [0, 0.1) is 0 Å². The van der Waals surface area contributed by atoms with Gasteiger partial charge in [0.1, 0.15) is 6.54 Å². The van der Waals surface area contributed by atoms with Crippen molar-refractivity contribution in [2.75, 3.05) is 44.2 Å². The second kappa shape index (κ2) is 9.74. The number of carbonyl (C=O) groups excluding carboxylic acids is 1. The van der Waals surface area contributed by atoms with Gasteiger partial charge in [-0.2, -0.15) is 0 Å². The molecule has 1 saturated heterocycles. The van der Waals surface area contributed by atoms with Crippen LogP contribution >= 0.6 is 0 Å². The minimum absolute atomic E-state index is 0.0647. The molecule has 0 atom stereocenters. The van der Waals surface area contributed by atoms with Crippen LogP contribution in [-0.4, -0.2) is 62.1 Å². The van der Waals surface area contributed by atoms with Crippen LogP contribution in [0.25, 0.3) is 0 Å². The van der Waals surface area contributed by atoms with Crippen molar-refractivity contribution in [2.24, 2.45) is 4.99 Å². The van der Waals surface area contributed by atoms with Gasteiger partial charge in [-0.1, -0.05) is 25.1 Å². The van der Waals surface area contributed by atoms with Gasteiger partial charge in [-0.3, -0.25) is 4.79 Å².